The molecular formula is C14H19FN2OS2. The Morgan fingerprint density at radius 3 is 2.35 bits per heavy atom. The first-order chi connectivity index (χ1) is 9.31. The van der Waals surface area contributed by atoms with Crippen LogP contribution in [-0.4, -0.2) is 34.5 Å². The fourth-order valence-electron chi connectivity index (χ4n) is 1.48. The normalized spacial score (nSPS) is 13.4. The van der Waals surface area contributed by atoms with Crippen molar-refractivity contribution in [1.82, 2.24) is 10.2 Å². The first-order valence-electron chi connectivity index (χ1n) is 6.25. The van der Waals surface area contributed by atoms with Gasteiger partial charge in [-0.25, -0.2) is 4.39 Å². The van der Waals surface area contributed by atoms with Crippen LogP contribution in [0.2, 0.25) is 0 Å². The highest BCUT2D eigenvalue weighted by atomic mass is 32.2. The van der Waals surface area contributed by atoms with E-state index in [4.69, 9.17) is 12.2 Å². The molecule has 3 nitrogen and oxygen atoms in total. The van der Waals surface area contributed by atoms with Crippen molar-refractivity contribution < 1.29 is 9.18 Å². The van der Waals surface area contributed by atoms with Crippen LogP contribution in [0, 0.1) is 5.82 Å². The van der Waals surface area contributed by atoms with Crippen molar-refractivity contribution in [2.45, 2.75) is 25.1 Å². The molecule has 1 aromatic rings. The number of nitrogens with one attached hydrogen (secondary N) is 1. The quantitative estimate of drug-likeness (QED) is 0.866. The molecule has 0 bridgehead atoms. The number of benzene rings is 1. The average molecular weight is 314 g/mol. The first-order valence-corrected chi connectivity index (χ1v) is 7.54. The molecule has 0 saturated carbocycles. The van der Waals surface area contributed by atoms with E-state index in [0.717, 1.165) is 5.56 Å². The predicted molar refractivity (Wildman–Crippen MR) is 86.3 cm³/mol. The third kappa shape index (κ3) is 5.09. The number of halogens is 1. The van der Waals surface area contributed by atoms with Gasteiger partial charge in [0.2, 0.25) is 5.91 Å². The number of nitrogens with zero attached hydrogens (tertiary/aromatic N) is 1. The summed E-state index contributed by atoms with van der Waals surface area (Å²) in [5.74, 6) is -0.372. The molecule has 0 aliphatic heterocycles. The van der Waals surface area contributed by atoms with Crippen LogP contribution in [0.15, 0.2) is 24.3 Å². The van der Waals surface area contributed by atoms with Gasteiger partial charge in [0.15, 0.2) is 0 Å². The van der Waals surface area contributed by atoms with E-state index in [1.807, 2.05) is 27.9 Å². The van der Waals surface area contributed by atoms with Gasteiger partial charge in [0.25, 0.3) is 0 Å². The maximum absolute atomic E-state index is 12.9. The van der Waals surface area contributed by atoms with Crippen molar-refractivity contribution in [3.8, 4) is 0 Å². The lowest BCUT2D eigenvalue weighted by molar-refractivity contribution is -0.120. The van der Waals surface area contributed by atoms with Crippen molar-refractivity contribution in [2.75, 3.05) is 14.1 Å². The second-order valence-electron chi connectivity index (χ2n) is 4.70. The van der Waals surface area contributed by atoms with Gasteiger partial charge < -0.3 is 10.2 Å². The van der Waals surface area contributed by atoms with Crippen molar-refractivity contribution in [3.05, 3.63) is 35.6 Å². The van der Waals surface area contributed by atoms with Gasteiger partial charge in [-0.05, 0) is 31.5 Å². The minimum Gasteiger partial charge on any atom is -0.364 e. The second kappa shape index (κ2) is 7.59. The molecule has 2 atom stereocenters. The van der Waals surface area contributed by atoms with E-state index in [0.29, 0.717) is 4.32 Å². The van der Waals surface area contributed by atoms with Crippen molar-refractivity contribution in [3.63, 3.8) is 0 Å². The molecule has 0 unspecified atom stereocenters. The summed E-state index contributed by atoms with van der Waals surface area (Å²) in [5, 5.41) is 2.63. The number of thiocarbonyl (C=S) groups is 1. The molecule has 0 aliphatic rings. The van der Waals surface area contributed by atoms with Crippen LogP contribution in [-0.2, 0) is 4.79 Å². The summed E-state index contributed by atoms with van der Waals surface area (Å²) in [5.41, 5.74) is 0.868. The summed E-state index contributed by atoms with van der Waals surface area (Å²) in [6.45, 7) is 3.68. The number of hydrogen-bond donors (Lipinski definition) is 1. The molecule has 0 fully saturated rings. The van der Waals surface area contributed by atoms with Gasteiger partial charge in [0, 0.05) is 14.1 Å². The Kier molecular flexibility index (Phi) is 6.42. The monoisotopic (exact) mass is 314 g/mol. The zero-order valence-electron chi connectivity index (χ0n) is 12.0. The van der Waals surface area contributed by atoms with Crippen LogP contribution in [0.3, 0.4) is 0 Å². The summed E-state index contributed by atoms with van der Waals surface area (Å²) in [4.78, 5) is 13.9. The fraction of sp³-hybridized carbons (Fsp3) is 0.429. The zero-order valence-corrected chi connectivity index (χ0v) is 13.6. The third-order valence-electron chi connectivity index (χ3n) is 2.74. The molecule has 0 spiro atoms. The number of thioether (sulfide) groups is 1. The molecule has 0 heterocycles. The van der Waals surface area contributed by atoms with Crippen LogP contribution in [0.5, 0.6) is 0 Å². The lowest BCUT2D eigenvalue weighted by Gasteiger charge is -2.20. The van der Waals surface area contributed by atoms with E-state index in [9.17, 15) is 9.18 Å². The Labute approximate surface area is 128 Å². The van der Waals surface area contributed by atoms with Gasteiger partial charge in [-0.2, -0.15) is 0 Å². The van der Waals surface area contributed by atoms with Crippen LogP contribution in [0.25, 0.3) is 0 Å². The summed E-state index contributed by atoms with van der Waals surface area (Å²) < 4.78 is 13.5. The van der Waals surface area contributed by atoms with Gasteiger partial charge in [0.05, 0.1) is 11.3 Å². The van der Waals surface area contributed by atoms with Crippen LogP contribution in [0.4, 0.5) is 4.39 Å². The highest BCUT2D eigenvalue weighted by Gasteiger charge is 2.19. The highest BCUT2D eigenvalue weighted by molar-refractivity contribution is 8.23. The molecule has 6 heteroatoms. The standard InChI is InChI=1S/C14H19FN2OS2/c1-9(11-5-7-12(15)8-6-11)16-13(18)10(2)20-14(19)17(3)4/h5-10H,1-4H3,(H,16,18)/t9-,10-/m1/s1. The zero-order chi connectivity index (χ0) is 15.3. The number of hydrogen-bond acceptors (Lipinski definition) is 3. The predicted octanol–water partition coefficient (Wildman–Crippen LogP) is 2.97. The van der Waals surface area contributed by atoms with E-state index < -0.39 is 0 Å². The SMILES string of the molecule is C[C@@H](SC(=S)N(C)C)C(=O)N[C@H](C)c1ccc(F)cc1. The molecule has 110 valence electrons. The molecule has 1 N–H and O–H groups in total. The first kappa shape index (κ1) is 16.9. The molecule has 1 rings (SSSR count). The Morgan fingerprint density at radius 2 is 1.85 bits per heavy atom. The minimum atomic E-state index is -0.285. The maximum Gasteiger partial charge on any atom is 0.233 e. The van der Waals surface area contributed by atoms with Gasteiger partial charge in [-0.3, -0.25) is 4.79 Å². The lowest BCUT2D eigenvalue weighted by Crippen LogP contribution is -2.34. The van der Waals surface area contributed by atoms with Crippen molar-refractivity contribution in [1.29, 1.82) is 0 Å². The Morgan fingerprint density at radius 1 is 1.30 bits per heavy atom. The molecule has 1 aromatic carbocycles. The van der Waals surface area contributed by atoms with Gasteiger partial charge in [-0.15, -0.1) is 0 Å². The smallest absolute Gasteiger partial charge is 0.233 e. The molecule has 0 aliphatic carbocycles. The Balaban J connectivity index is 2.56. The van der Waals surface area contributed by atoms with E-state index in [-0.39, 0.29) is 23.0 Å². The summed E-state index contributed by atoms with van der Waals surface area (Å²) in [6.07, 6.45) is 0. The molecule has 20 heavy (non-hydrogen) atoms. The second-order valence-corrected chi connectivity index (χ2v) is 6.68. The van der Waals surface area contributed by atoms with Crippen molar-refractivity contribution in [2.24, 2.45) is 0 Å². The molecule has 1 amide bonds. The van der Waals surface area contributed by atoms with Gasteiger partial charge in [-0.1, -0.05) is 36.1 Å². The van der Waals surface area contributed by atoms with E-state index in [1.54, 1.807) is 17.0 Å². The molecule has 0 saturated heterocycles. The van der Waals surface area contributed by atoms with E-state index in [2.05, 4.69) is 5.32 Å². The minimum absolute atomic E-state index is 0.0870. The Hall–Kier alpha value is -1.14. The van der Waals surface area contributed by atoms with Gasteiger partial charge in [0.1, 0.15) is 10.1 Å². The van der Waals surface area contributed by atoms with Gasteiger partial charge >= 0.3 is 0 Å². The van der Waals surface area contributed by atoms with E-state index in [1.165, 1.54) is 23.9 Å². The fourth-order valence-corrected chi connectivity index (χ4v) is 2.60. The van der Waals surface area contributed by atoms with Crippen LogP contribution >= 0.6 is 24.0 Å². The van der Waals surface area contributed by atoms with Crippen LogP contribution < -0.4 is 5.32 Å². The third-order valence-corrected chi connectivity index (χ3v) is 4.53. The topological polar surface area (TPSA) is 32.3 Å². The number of amides is 1. The summed E-state index contributed by atoms with van der Waals surface area (Å²) >= 11 is 6.50. The summed E-state index contributed by atoms with van der Waals surface area (Å²) in [6, 6.07) is 5.94. The average Bonchev–Trinajstić information content (AvgIpc) is 2.38. The number of carbonyl (C=O) groups excluding carboxylic acids is 1. The lowest BCUT2D eigenvalue weighted by atomic mass is 10.1. The number of carbonyl (C=O) groups is 1. The highest BCUT2D eigenvalue weighted by Crippen LogP contribution is 2.17. The Bertz CT molecular complexity index is 477. The van der Waals surface area contributed by atoms with E-state index >= 15 is 0 Å². The number of rotatable bonds is 4. The molecular weight excluding hydrogens is 295 g/mol. The van der Waals surface area contributed by atoms with Crippen molar-refractivity contribution >= 4 is 34.2 Å². The molecule has 0 radical (unpaired) electrons. The maximum atomic E-state index is 12.9. The van der Waals surface area contributed by atoms with Crippen LogP contribution in [0.1, 0.15) is 25.5 Å². The largest absolute Gasteiger partial charge is 0.364 e. The summed E-state index contributed by atoms with van der Waals surface area (Å²) in [7, 11) is 3.70. The molecule has 0 aromatic heterocycles.